The molecule has 0 amide bonds. The standard InChI is InChI=1S/C22H29Cl2N3.ClH/c1-4-27(5-2)15-7-8-17(3)25-22(18-11-13-19(23)14-12-18)26-21-10-6-9-20(24)16-21;/h6,9-14,16-17H,4-5,7-8,15H2,1-3H3,(H,25,26);1H. The van der Waals surface area contributed by atoms with Crippen LogP contribution in [-0.4, -0.2) is 36.4 Å². The minimum atomic E-state index is 0. The van der Waals surface area contributed by atoms with Gasteiger partial charge in [-0.2, -0.15) is 0 Å². The van der Waals surface area contributed by atoms with E-state index in [4.69, 9.17) is 28.2 Å². The molecule has 2 aromatic rings. The summed E-state index contributed by atoms with van der Waals surface area (Å²) in [5.74, 6) is 0.837. The van der Waals surface area contributed by atoms with E-state index in [9.17, 15) is 0 Å². The molecule has 0 aromatic heterocycles. The van der Waals surface area contributed by atoms with Crippen LogP contribution in [0.3, 0.4) is 0 Å². The third-order valence-corrected chi connectivity index (χ3v) is 5.03. The van der Waals surface area contributed by atoms with E-state index in [1.54, 1.807) is 0 Å². The summed E-state index contributed by atoms with van der Waals surface area (Å²) >= 11 is 12.2. The molecule has 0 aliphatic carbocycles. The quantitative estimate of drug-likeness (QED) is 0.342. The first-order valence-corrected chi connectivity index (χ1v) is 10.4. The van der Waals surface area contributed by atoms with Gasteiger partial charge in [-0.05, 0) is 81.9 Å². The van der Waals surface area contributed by atoms with Crippen molar-refractivity contribution < 1.29 is 0 Å². The van der Waals surface area contributed by atoms with Gasteiger partial charge in [0, 0.05) is 27.3 Å². The van der Waals surface area contributed by atoms with Crippen LogP contribution in [0.15, 0.2) is 53.5 Å². The molecule has 0 spiro atoms. The van der Waals surface area contributed by atoms with Crippen LogP contribution in [0.4, 0.5) is 5.69 Å². The summed E-state index contributed by atoms with van der Waals surface area (Å²) in [6.07, 6.45) is 2.18. The van der Waals surface area contributed by atoms with Crippen molar-refractivity contribution in [3.05, 3.63) is 64.1 Å². The average Bonchev–Trinajstić information content (AvgIpc) is 2.65. The van der Waals surface area contributed by atoms with Gasteiger partial charge in [-0.3, -0.25) is 4.99 Å². The van der Waals surface area contributed by atoms with Crippen LogP contribution in [0.5, 0.6) is 0 Å². The van der Waals surface area contributed by atoms with E-state index in [-0.39, 0.29) is 18.4 Å². The molecule has 2 rings (SSSR count). The van der Waals surface area contributed by atoms with Gasteiger partial charge < -0.3 is 10.2 Å². The number of halogens is 3. The Morgan fingerprint density at radius 2 is 1.71 bits per heavy atom. The molecule has 1 atom stereocenters. The number of benzene rings is 2. The molecule has 28 heavy (non-hydrogen) atoms. The monoisotopic (exact) mass is 441 g/mol. The number of aliphatic imine (C=N–C) groups is 1. The second-order valence-corrected chi connectivity index (χ2v) is 7.51. The number of rotatable bonds is 9. The second-order valence-electron chi connectivity index (χ2n) is 6.64. The van der Waals surface area contributed by atoms with E-state index >= 15 is 0 Å². The summed E-state index contributed by atoms with van der Waals surface area (Å²) in [5.41, 5.74) is 1.93. The third-order valence-electron chi connectivity index (χ3n) is 4.55. The lowest BCUT2D eigenvalue weighted by molar-refractivity contribution is 0.294. The van der Waals surface area contributed by atoms with E-state index in [0.717, 1.165) is 49.6 Å². The predicted molar refractivity (Wildman–Crippen MR) is 127 cm³/mol. The average molecular weight is 443 g/mol. The number of nitrogens with zero attached hydrogens (tertiary/aromatic N) is 2. The molecule has 0 saturated heterocycles. The number of nitrogens with one attached hydrogen (secondary N) is 1. The zero-order valence-corrected chi connectivity index (χ0v) is 19.1. The molecule has 0 fully saturated rings. The molecule has 1 N–H and O–H groups in total. The fourth-order valence-electron chi connectivity index (χ4n) is 2.92. The predicted octanol–water partition coefficient (Wildman–Crippen LogP) is 6.78. The highest BCUT2D eigenvalue weighted by atomic mass is 35.5. The van der Waals surface area contributed by atoms with Crippen LogP contribution >= 0.6 is 35.6 Å². The lowest BCUT2D eigenvalue weighted by Gasteiger charge is -2.19. The highest BCUT2D eigenvalue weighted by Crippen LogP contribution is 2.18. The maximum atomic E-state index is 6.12. The van der Waals surface area contributed by atoms with Crippen molar-refractivity contribution in [2.75, 3.05) is 25.0 Å². The van der Waals surface area contributed by atoms with Gasteiger partial charge in [-0.15, -0.1) is 12.4 Å². The van der Waals surface area contributed by atoms with Gasteiger partial charge in [0.05, 0.1) is 0 Å². The minimum Gasteiger partial charge on any atom is -0.340 e. The highest BCUT2D eigenvalue weighted by molar-refractivity contribution is 6.31. The summed E-state index contributed by atoms with van der Waals surface area (Å²) < 4.78 is 0. The smallest absolute Gasteiger partial charge is 0.132 e. The molecule has 0 aliphatic rings. The van der Waals surface area contributed by atoms with Crippen molar-refractivity contribution in [1.29, 1.82) is 0 Å². The Morgan fingerprint density at radius 1 is 1.04 bits per heavy atom. The summed E-state index contributed by atoms with van der Waals surface area (Å²) in [6.45, 7) is 9.89. The Kier molecular flexibility index (Phi) is 11.6. The Bertz CT molecular complexity index is 728. The van der Waals surface area contributed by atoms with E-state index < -0.39 is 0 Å². The molecule has 0 aliphatic heterocycles. The molecule has 0 heterocycles. The fraction of sp³-hybridized carbons (Fsp3) is 0.409. The van der Waals surface area contributed by atoms with Gasteiger partial charge in [0.2, 0.25) is 0 Å². The van der Waals surface area contributed by atoms with Gasteiger partial charge >= 0.3 is 0 Å². The molecule has 1 unspecified atom stereocenters. The van der Waals surface area contributed by atoms with Crippen LogP contribution in [0, 0.1) is 0 Å². The normalized spacial score (nSPS) is 12.6. The van der Waals surface area contributed by atoms with Crippen molar-refractivity contribution in [3.8, 4) is 0 Å². The fourth-order valence-corrected chi connectivity index (χ4v) is 3.24. The molecular weight excluding hydrogens is 413 g/mol. The Balaban J connectivity index is 0.00000392. The van der Waals surface area contributed by atoms with Crippen LogP contribution in [0.2, 0.25) is 10.0 Å². The van der Waals surface area contributed by atoms with E-state index in [0.29, 0.717) is 10.0 Å². The van der Waals surface area contributed by atoms with Crippen LogP contribution < -0.4 is 5.32 Å². The maximum Gasteiger partial charge on any atom is 0.132 e. The van der Waals surface area contributed by atoms with Crippen molar-refractivity contribution in [2.45, 2.75) is 39.7 Å². The number of anilines is 1. The number of hydrogen-bond donors (Lipinski definition) is 1. The second kappa shape index (κ2) is 13.1. The van der Waals surface area contributed by atoms with E-state index in [1.165, 1.54) is 0 Å². The van der Waals surface area contributed by atoms with Crippen LogP contribution in [0.1, 0.15) is 39.2 Å². The van der Waals surface area contributed by atoms with Crippen molar-refractivity contribution >= 4 is 47.1 Å². The van der Waals surface area contributed by atoms with Crippen molar-refractivity contribution in [1.82, 2.24) is 4.90 Å². The molecule has 154 valence electrons. The first kappa shape index (κ1) is 24.8. The van der Waals surface area contributed by atoms with Gasteiger partial charge in [0.15, 0.2) is 0 Å². The van der Waals surface area contributed by atoms with Crippen molar-refractivity contribution in [3.63, 3.8) is 0 Å². The van der Waals surface area contributed by atoms with Crippen molar-refractivity contribution in [2.24, 2.45) is 4.99 Å². The lowest BCUT2D eigenvalue weighted by atomic mass is 10.1. The summed E-state index contributed by atoms with van der Waals surface area (Å²) in [6, 6.07) is 15.6. The maximum absolute atomic E-state index is 6.12. The molecular formula is C22H30Cl3N3. The van der Waals surface area contributed by atoms with Crippen LogP contribution in [-0.2, 0) is 0 Å². The summed E-state index contributed by atoms with van der Waals surface area (Å²) in [7, 11) is 0. The number of hydrogen-bond acceptors (Lipinski definition) is 2. The highest BCUT2D eigenvalue weighted by Gasteiger charge is 2.09. The van der Waals surface area contributed by atoms with Gasteiger partial charge in [-0.25, -0.2) is 0 Å². The molecule has 6 heteroatoms. The Hall–Kier alpha value is -1.26. The largest absolute Gasteiger partial charge is 0.340 e. The zero-order valence-electron chi connectivity index (χ0n) is 16.8. The Morgan fingerprint density at radius 3 is 2.32 bits per heavy atom. The lowest BCUT2D eigenvalue weighted by Crippen LogP contribution is -2.24. The molecule has 3 nitrogen and oxygen atoms in total. The number of amidine groups is 1. The minimum absolute atomic E-state index is 0. The molecule has 0 bridgehead atoms. The third kappa shape index (κ3) is 8.40. The van der Waals surface area contributed by atoms with E-state index in [2.05, 4.69) is 31.0 Å². The van der Waals surface area contributed by atoms with Gasteiger partial charge in [-0.1, -0.05) is 43.1 Å². The van der Waals surface area contributed by atoms with Gasteiger partial charge in [0.25, 0.3) is 0 Å². The SMILES string of the molecule is CCN(CC)CCCC(C)N=C(Nc1cccc(Cl)c1)c1ccc(Cl)cc1.Cl. The molecule has 0 radical (unpaired) electrons. The summed E-state index contributed by atoms with van der Waals surface area (Å²) in [5, 5.41) is 4.83. The van der Waals surface area contributed by atoms with Crippen LogP contribution in [0.25, 0.3) is 0 Å². The first-order chi connectivity index (χ1) is 13.0. The molecule has 2 aromatic carbocycles. The van der Waals surface area contributed by atoms with E-state index in [1.807, 2.05) is 48.5 Å². The topological polar surface area (TPSA) is 27.6 Å². The Labute approximate surface area is 185 Å². The summed E-state index contributed by atoms with van der Waals surface area (Å²) in [4.78, 5) is 7.40. The molecule has 0 saturated carbocycles. The van der Waals surface area contributed by atoms with Gasteiger partial charge in [0.1, 0.15) is 5.84 Å². The first-order valence-electron chi connectivity index (χ1n) is 9.60. The zero-order chi connectivity index (χ0) is 19.6.